The molecule has 1 N–H and O–H groups in total. The van der Waals surface area contributed by atoms with Gasteiger partial charge in [-0.3, -0.25) is 9.59 Å². The number of benzene rings is 2. The lowest BCUT2D eigenvalue weighted by molar-refractivity contribution is -0.120. The Bertz CT molecular complexity index is 1150. The first-order valence-electron chi connectivity index (χ1n) is 8.51. The van der Waals surface area contributed by atoms with Crippen LogP contribution in [0.15, 0.2) is 59.6 Å². The summed E-state index contributed by atoms with van der Waals surface area (Å²) in [6.45, 7) is 1.89. The molecule has 0 saturated carbocycles. The van der Waals surface area contributed by atoms with E-state index in [1.165, 1.54) is 23.5 Å². The Kier molecular flexibility index (Phi) is 5.40. The van der Waals surface area contributed by atoms with Gasteiger partial charge in [-0.2, -0.15) is 0 Å². The lowest BCUT2D eigenvalue weighted by Crippen LogP contribution is -2.32. The first kappa shape index (κ1) is 20.0. The van der Waals surface area contributed by atoms with Crippen molar-refractivity contribution in [1.82, 2.24) is 0 Å². The fraction of sp³-hybridized carbons (Fsp3) is 0.0476. The van der Waals surface area contributed by atoms with Gasteiger partial charge in [0.1, 0.15) is 5.70 Å². The standard InChI is InChI=1S/C21H13Cl3N2O2S/c1-11-4-5-12(22)10-16(11)25-19-18(17-3-2-6-29-17)20(27)26(21(19)28)15-8-13(23)7-14(24)9-15/h2-10,25H,1H3. The summed E-state index contributed by atoms with van der Waals surface area (Å²) in [6, 6.07) is 13.5. The summed E-state index contributed by atoms with van der Waals surface area (Å²) in [5.74, 6) is -0.936. The Morgan fingerprint density at radius 1 is 0.897 bits per heavy atom. The van der Waals surface area contributed by atoms with Crippen molar-refractivity contribution in [2.24, 2.45) is 0 Å². The van der Waals surface area contributed by atoms with Gasteiger partial charge < -0.3 is 5.32 Å². The minimum absolute atomic E-state index is 0.180. The van der Waals surface area contributed by atoms with Gasteiger partial charge in [-0.05, 0) is 54.3 Å². The largest absolute Gasteiger partial charge is 0.350 e. The Morgan fingerprint density at radius 2 is 1.62 bits per heavy atom. The van der Waals surface area contributed by atoms with E-state index in [1.54, 1.807) is 24.3 Å². The molecular formula is C21H13Cl3N2O2S. The lowest BCUT2D eigenvalue weighted by atomic mass is 10.1. The normalized spacial score (nSPS) is 14.1. The number of carbonyl (C=O) groups excluding carboxylic acids is 2. The van der Waals surface area contributed by atoms with E-state index in [4.69, 9.17) is 34.8 Å². The van der Waals surface area contributed by atoms with E-state index in [1.807, 2.05) is 24.4 Å². The zero-order valence-corrected chi connectivity index (χ0v) is 18.1. The van der Waals surface area contributed by atoms with E-state index in [0.717, 1.165) is 10.5 Å². The molecule has 1 aromatic heterocycles. The summed E-state index contributed by atoms with van der Waals surface area (Å²) in [4.78, 5) is 28.4. The number of hydrogen-bond donors (Lipinski definition) is 1. The third kappa shape index (κ3) is 3.79. The maximum atomic E-state index is 13.3. The van der Waals surface area contributed by atoms with Crippen molar-refractivity contribution < 1.29 is 9.59 Å². The molecular weight excluding hydrogens is 451 g/mol. The van der Waals surface area contributed by atoms with E-state index < -0.39 is 11.8 Å². The van der Waals surface area contributed by atoms with Crippen molar-refractivity contribution in [2.75, 3.05) is 10.2 Å². The first-order valence-corrected chi connectivity index (χ1v) is 10.5. The number of hydrogen-bond acceptors (Lipinski definition) is 4. The van der Waals surface area contributed by atoms with Crippen molar-refractivity contribution in [3.63, 3.8) is 0 Å². The highest BCUT2D eigenvalue weighted by atomic mass is 35.5. The topological polar surface area (TPSA) is 49.4 Å². The molecule has 4 nitrogen and oxygen atoms in total. The number of rotatable bonds is 4. The Morgan fingerprint density at radius 3 is 2.28 bits per heavy atom. The summed E-state index contributed by atoms with van der Waals surface area (Å²) >= 11 is 19.7. The van der Waals surface area contributed by atoms with E-state index in [2.05, 4.69) is 5.32 Å². The zero-order valence-electron chi connectivity index (χ0n) is 15.0. The average molecular weight is 464 g/mol. The molecule has 2 heterocycles. The Labute approximate surface area is 186 Å². The van der Waals surface area contributed by atoms with Crippen LogP contribution in [0.5, 0.6) is 0 Å². The minimum Gasteiger partial charge on any atom is -0.350 e. The number of thiophene rings is 1. The molecule has 0 saturated heterocycles. The molecule has 2 aromatic carbocycles. The molecule has 0 radical (unpaired) electrons. The molecule has 29 heavy (non-hydrogen) atoms. The van der Waals surface area contributed by atoms with Gasteiger partial charge in [0.25, 0.3) is 11.8 Å². The average Bonchev–Trinajstić information content (AvgIpc) is 3.24. The molecule has 8 heteroatoms. The van der Waals surface area contributed by atoms with E-state index in [9.17, 15) is 9.59 Å². The maximum absolute atomic E-state index is 13.3. The summed E-state index contributed by atoms with van der Waals surface area (Å²) in [7, 11) is 0. The van der Waals surface area contributed by atoms with Crippen molar-refractivity contribution in [1.29, 1.82) is 0 Å². The number of nitrogens with zero attached hydrogens (tertiary/aromatic N) is 1. The number of aryl methyl sites for hydroxylation is 1. The molecule has 0 bridgehead atoms. The number of nitrogens with one attached hydrogen (secondary N) is 1. The molecule has 4 rings (SSSR count). The van der Waals surface area contributed by atoms with Gasteiger partial charge in [0.15, 0.2) is 0 Å². The number of amides is 2. The summed E-state index contributed by atoms with van der Waals surface area (Å²) in [6.07, 6.45) is 0. The third-order valence-corrected chi connectivity index (χ3v) is 5.98. The number of halogens is 3. The number of carbonyl (C=O) groups is 2. The van der Waals surface area contributed by atoms with Gasteiger partial charge >= 0.3 is 0 Å². The predicted molar refractivity (Wildman–Crippen MR) is 120 cm³/mol. The van der Waals surface area contributed by atoms with Crippen molar-refractivity contribution in [3.05, 3.63) is 85.1 Å². The SMILES string of the molecule is Cc1ccc(Cl)cc1NC1=C(c2cccs2)C(=O)N(c2cc(Cl)cc(Cl)c2)C1=O. The molecule has 0 spiro atoms. The second-order valence-corrected chi connectivity index (χ2v) is 8.64. The zero-order chi connectivity index (χ0) is 20.7. The van der Waals surface area contributed by atoms with Gasteiger partial charge in [0.2, 0.25) is 0 Å². The second-order valence-electron chi connectivity index (χ2n) is 6.38. The van der Waals surface area contributed by atoms with Crippen LogP contribution < -0.4 is 10.2 Å². The van der Waals surface area contributed by atoms with E-state index in [-0.39, 0.29) is 5.70 Å². The first-order chi connectivity index (χ1) is 13.8. The molecule has 0 atom stereocenters. The monoisotopic (exact) mass is 462 g/mol. The molecule has 0 unspecified atom stereocenters. The van der Waals surface area contributed by atoms with Crippen molar-refractivity contribution in [2.45, 2.75) is 6.92 Å². The van der Waals surface area contributed by atoms with Gasteiger partial charge in [0, 0.05) is 25.6 Å². The fourth-order valence-electron chi connectivity index (χ4n) is 3.06. The maximum Gasteiger partial charge on any atom is 0.282 e. The summed E-state index contributed by atoms with van der Waals surface area (Å²) < 4.78 is 0. The highest BCUT2D eigenvalue weighted by Crippen LogP contribution is 2.37. The summed E-state index contributed by atoms with van der Waals surface area (Å²) in [5, 5.41) is 6.15. The van der Waals surface area contributed by atoms with Crippen LogP contribution in [0, 0.1) is 6.92 Å². The van der Waals surface area contributed by atoms with Crippen molar-refractivity contribution in [3.8, 4) is 0 Å². The van der Waals surface area contributed by atoms with Crippen LogP contribution >= 0.6 is 46.1 Å². The Hall–Kier alpha value is -2.31. The van der Waals surface area contributed by atoms with Crippen LogP contribution in [0.2, 0.25) is 15.1 Å². The molecule has 1 aliphatic heterocycles. The fourth-order valence-corrected chi connectivity index (χ4v) is 4.52. The molecule has 3 aromatic rings. The minimum atomic E-state index is -0.490. The van der Waals surface area contributed by atoms with Crippen LogP contribution in [-0.4, -0.2) is 11.8 Å². The Balaban J connectivity index is 1.84. The second kappa shape index (κ2) is 7.84. The van der Waals surface area contributed by atoms with Gasteiger partial charge in [-0.1, -0.05) is 46.9 Å². The predicted octanol–water partition coefficient (Wildman–Crippen LogP) is 6.41. The highest BCUT2D eigenvalue weighted by Gasteiger charge is 2.41. The highest BCUT2D eigenvalue weighted by molar-refractivity contribution is 7.11. The van der Waals surface area contributed by atoms with Gasteiger partial charge in [0.05, 0.1) is 11.3 Å². The van der Waals surface area contributed by atoms with Crippen LogP contribution in [0.3, 0.4) is 0 Å². The summed E-state index contributed by atoms with van der Waals surface area (Å²) in [5.41, 5.74) is 2.32. The van der Waals surface area contributed by atoms with Gasteiger partial charge in [-0.15, -0.1) is 11.3 Å². The van der Waals surface area contributed by atoms with Crippen LogP contribution in [0.4, 0.5) is 11.4 Å². The van der Waals surface area contributed by atoms with E-state index >= 15 is 0 Å². The molecule has 0 fully saturated rings. The van der Waals surface area contributed by atoms with Crippen LogP contribution in [0.1, 0.15) is 10.4 Å². The quantitative estimate of drug-likeness (QED) is 0.455. The smallest absolute Gasteiger partial charge is 0.282 e. The van der Waals surface area contributed by atoms with Crippen molar-refractivity contribution >= 4 is 74.9 Å². The van der Waals surface area contributed by atoms with E-state index in [0.29, 0.717) is 36.9 Å². The van der Waals surface area contributed by atoms with Crippen LogP contribution in [-0.2, 0) is 9.59 Å². The molecule has 146 valence electrons. The molecule has 1 aliphatic rings. The molecule has 0 aliphatic carbocycles. The lowest BCUT2D eigenvalue weighted by Gasteiger charge is -2.16. The molecule has 2 amide bonds. The number of imide groups is 1. The van der Waals surface area contributed by atoms with Gasteiger partial charge in [-0.25, -0.2) is 4.90 Å². The van der Waals surface area contributed by atoms with Crippen LogP contribution in [0.25, 0.3) is 5.57 Å². The third-order valence-electron chi connectivity index (χ3n) is 4.42. The number of anilines is 2.